The van der Waals surface area contributed by atoms with Crippen molar-refractivity contribution >= 4 is 18.4 Å². The Labute approximate surface area is 128 Å². The lowest BCUT2D eigenvalue weighted by molar-refractivity contribution is 0.00578. The summed E-state index contributed by atoms with van der Waals surface area (Å²) in [7, 11) is -0.381. The fourth-order valence-electron chi connectivity index (χ4n) is 2.95. The molecule has 0 spiro atoms. The van der Waals surface area contributed by atoms with E-state index in [0.717, 1.165) is 24.4 Å². The van der Waals surface area contributed by atoms with Gasteiger partial charge in [0, 0.05) is 19.3 Å². The maximum absolute atomic E-state index is 6.17. The molecule has 0 saturated carbocycles. The first-order valence-corrected chi connectivity index (χ1v) is 7.96. The highest BCUT2D eigenvalue weighted by Crippen LogP contribution is 2.37. The van der Waals surface area contributed by atoms with Crippen LogP contribution in [0.3, 0.4) is 0 Å². The summed E-state index contributed by atoms with van der Waals surface area (Å²) < 4.78 is 12.3. The number of hydrogen-bond acceptors (Lipinski definition) is 4. The zero-order valence-corrected chi connectivity index (χ0v) is 13.6. The van der Waals surface area contributed by atoms with Crippen molar-refractivity contribution in [1.82, 2.24) is 4.98 Å². The number of rotatable bonds is 2. The number of pyridine rings is 1. The summed E-state index contributed by atoms with van der Waals surface area (Å²) >= 11 is 0. The summed E-state index contributed by atoms with van der Waals surface area (Å²) in [5.74, 6) is 0. The second kappa shape index (κ2) is 5.29. The van der Waals surface area contributed by atoms with E-state index in [4.69, 9.17) is 9.31 Å². The van der Waals surface area contributed by atoms with Crippen LogP contribution >= 0.6 is 0 Å². The number of anilines is 1. The van der Waals surface area contributed by atoms with Crippen LogP contribution < -0.4 is 10.5 Å². The first-order chi connectivity index (χ1) is 9.91. The van der Waals surface area contributed by atoms with Crippen molar-refractivity contribution in [3.05, 3.63) is 18.3 Å². The summed E-state index contributed by atoms with van der Waals surface area (Å²) in [6.45, 7) is 10.5. The summed E-state index contributed by atoms with van der Waals surface area (Å²) in [4.78, 5) is 6.99. The van der Waals surface area contributed by atoms with E-state index in [1.54, 1.807) is 0 Å². The molecule has 0 radical (unpaired) electrons. The highest BCUT2D eigenvalue weighted by molar-refractivity contribution is 6.62. The van der Waals surface area contributed by atoms with Crippen LogP contribution in [0.15, 0.2) is 18.3 Å². The average molecular weight is 288 g/mol. The number of hydrogen-bond donors (Lipinski definition) is 0. The lowest BCUT2D eigenvalue weighted by atomic mass is 9.82. The summed E-state index contributed by atoms with van der Waals surface area (Å²) in [5, 5.41) is 0. The Morgan fingerprint density at radius 3 is 2.29 bits per heavy atom. The SMILES string of the molecule is CC1(C)OB(c2ncccc2N2CCCCC2)OC1(C)C. The third kappa shape index (κ3) is 2.69. The number of piperidine rings is 1. The van der Waals surface area contributed by atoms with Crippen molar-refractivity contribution in [1.29, 1.82) is 0 Å². The van der Waals surface area contributed by atoms with Gasteiger partial charge in [-0.3, -0.25) is 4.98 Å². The molecule has 4 nitrogen and oxygen atoms in total. The molecule has 0 aromatic carbocycles. The molecule has 0 amide bonds. The topological polar surface area (TPSA) is 34.6 Å². The van der Waals surface area contributed by atoms with Gasteiger partial charge in [0.25, 0.3) is 0 Å². The second-order valence-electron chi connectivity index (χ2n) is 7.04. The van der Waals surface area contributed by atoms with Crippen LogP contribution in [0.25, 0.3) is 0 Å². The van der Waals surface area contributed by atoms with Crippen LogP contribution in [0.4, 0.5) is 5.69 Å². The highest BCUT2D eigenvalue weighted by atomic mass is 16.7. The molecular weight excluding hydrogens is 263 g/mol. The van der Waals surface area contributed by atoms with Gasteiger partial charge in [0.05, 0.1) is 22.5 Å². The van der Waals surface area contributed by atoms with Crippen molar-refractivity contribution in [2.75, 3.05) is 18.0 Å². The van der Waals surface area contributed by atoms with Crippen molar-refractivity contribution < 1.29 is 9.31 Å². The van der Waals surface area contributed by atoms with Gasteiger partial charge in [-0.05, 0) is 59.1 Å². The lowest BCUT2D eigenvalue weighted by Gasteiger charge is -2.32. The number of aromatic nitrogens is 1. The van der Waals surface area contributed by atoms with Crippen LogP contribution in [0.5, 0.6) is 0 Å². The zero-order valence-electron chi connectivity index (χ0n) is 13.6. The van der Waals surface area contributed by atoms with E-state index in [1.165, 1.54) is 19.3 Å². The minimum atomic E-state index is -0.381. The first kappa shape index (κ1) is 14.9. The van der Waals surface area contributed by atoms with Crippen molar-refractivity contribution in [3.63, 3.8) is 0 Å². The Balaban J connectivity index is 1.89. The fraction of sp³-hybridized carbons (Fsp3) is 0.688. The van der Waals surface area contributed by atoms with Gasteiger partial charge in [0.15, 0.2) is 0 Å². The van der Waals surface area contributed by atoms with Gasteiger partial charge < -0.3 is 14.2 Å². The Kier molecular flexibility index (Phi) is 3.74. The number of nitrogens with zero attached hydrogens (tertiary/aromatic N) is 2. The molecule has 0 aliphatic carbocycles. The third-order valence-corrected chi connectivity index (χ3v) is 4.99. The minimum Gasteiger partial charge on any atom is -0.398 e. The molecule has 2 aliphatic heterocycles. The zero-order chi connectivity index (χ0) is 15.1. The molecule has 0 atom stereocenters. The molecule has 114 valence electrons. The normalized spacial score (nSPS) is 24.4. The summed E-state index contributed by atoms with van der Waals surface area (Å²) in [5.41, 5.74) is 1.43. The molecule has 1 aromatic heterocycles. The van der Waals surface area contributed by atoms with Crippen LogP contribution in [-0.4, -0.2) is 36.4 Å². The van der Waals surface area contributed by atoms with E-state index < -0.39 is 0 Å². The maximum Gasteiger partial charge on any atom is 0.516 e. The van der Waals surface area contributed by atoms with Gasteiger partial charge in [-0.15, -0.1) is 0 Å². The molecule has 2 saturated heterocycles. The molecule has 2 fully saturated rings. The van der Waals surface area contributed by atoms with Gasteiger partial charge in [-0.25, -0.2) is 0 Å². The smallest absolute Gasteiger partial charge is 0.398 e. The molecule has 3 rings (SSSR count). The Morgan fingerprint density at radius 2 is 1.67 bits per heavy atom. The average Bonchev–Trinajstić information content (AvgIpc) is 2.68. The quantitative estimate of drug-likeness (QED) is 0.783. The molecule has 3 heterocycles. The Hall–Kier alpha value is -1.07. The first-order valence-electron chi connectivity index (χ1n) is 7.96. The van der Waals surface area contributed by atoms with E-state index >= 15 is 0 Å². The predicted octanol–water partition coefficient (Wildman–Crippen LogP) is 2.37. The lowest BCUT2D eigenvalue weighted by Crippen LogP contribution is -2.42. The molecule has 0 N–H and O–H groups in total. The van der Waals surface area contributed by atoms with Crippen LogP contribution in [-0.2, 0) is 9.31 Å². The van der Waals surface area contributed by atoms with Crippen molar-refractivity contribution in [2.45, 2.75) is 58.2 Å². The van der Waals surface area contributed by atoms with Crippen LogP contribution in [0.2, 0.25) is 0 Å². The Bertz CT molecular complexity index is 497. The largest absolute Gasteiger partial charge is 0.516 e. The van der Waals surface area contributed by atoms with Gasteiger partial charge in [0.2, 0.25) is 0 Å². The summed E-state index contributed by atoms with van der Waals surface area (Å²) in [6.07, 6.45) is 5.64. The van der Waals surface area contributed by atoms with E-state index in [0.29, 0.717) is 0 Å². The highest BCUT2D eigenvalue weighted by Gasteiger charge is 2.53. The third-order valence-electron chi connectivity index (χ3n) is 4.99. The van der Waals surface area contributed by atoms with Crippen LogP contribution in [0, 0.1) is 0 Å². The van der Waals surface area contributed by atoms with E-state index in [9.17, 15) is 0 Å². The second-order valence-corrected chi connectivity index (χ2v) is 7.04. The van der Waals surface area contributed by atoms with E-state index in [-0.39, 0.29) is 18.3 Å². The van der Waals surface area contributed by atoms with E-state index in [2.05, 4.69) is 43.6 Å². The predicted molar refractivity (Wildman–Crippen MR) is 86.0 cm³/mol. The minimum absolute atomic E-state index is 0.325. The van der Waals surface area contributed by atoms with E-state index in [1.807, 2.05) is 12.3 Å². The fourth-order valence-corrected chi connectivity index (χ4v) is 2.95. The molecule has 21 heavy (non-hydrogen) atoms. The van der Waals surface area contributed by atoms with Crippen molar-refractivity contribution in [2.24, 2.45) is 0 Å². The van der Waals surface area contributed by atoms with Gasteiger partial charge in [-0.2, -0.15) is 0 Å². The van der Waals surface area contributed by atoms with Gasteiger partial charge >= 0.3 is 7.12 Å². The molecule has 0 bridgehead atoms. The standard InChI is InChI=1S/C16H25BN2O2/c1-15(2)16(3,4)21-17(20-15)14-13(9-8-10-18-14)19-11-6-5-7-12-19/h8-10H,5-7,11-12H2,1-4H3. The molecule has 2 aliphatic rings. The van der Waals surface area contributed by atoms with Crippen LogP contribution in [0.1, 0.15) is 47.0 Å². The molecular formula is C16H25BN2O2. The maximum atomic E-state index is 6.17. The Morgan fingerprint density at radius 1 is 1.05 bits per heavy atom. The molecule has 1 aromatic rings. The molecule has 0 unspecified atom stereocenters. The summed E-state index contributed by atoms with van der Waals surface area (Å²) in [6, 6.07) is 4.14. The van der Waals surface area contributed by atoms with Gasteiger partial charge in [0.1, 0.15) is 0 Å². The molecule has 5 heteroatoms. The van der Waals surface area contributed by atoms with Crippen molar-refractivity contribution in [3.8, 4) is 0 Å². The monoisotopic (exact) mass is 288 g/mol. The van der Waals surface area contributed by atoms with Gasteiger partial charge in [-0.1, -0.05) is 0 Å².